The second-order valence-corrected chi connectivity index (χ2v) is 8.59. The van der Waals surface area contributed by atoms with Crippen LogP contribution in [0, 0.1) is 28.6 Å². The van der Waals surface area contributed by atoms with Gasteiger partial charge in [0.25, 0.3) is 0 Å². The molecule has 4 atom stereocenters. The van der Waals surface area contributed by atoms with E-state index < -0.39 is 5.97 Å². The Morgan fingerprint density at radius 1 is 1.41 bits per heavy atom. The summed E-state index contributed by atoms with van der Waals surface area (Å²) in [6.07, 6.45) is 10.8. The van der Waals surface area contributed by atoms with Crippen LogP contribution in [0.25, 0.3) is 0 Å². The molecule has 2 nitrogen and oxygen atoms in total. The lowest BCUT2D eigenvalue weighted by molar-refractivity contribution is -0.138. The monoisotopic (exact) mass is 304 g/mol. The summed E-state index contributed by atoms with van der Waals surface area (Å²) >= 11 is 0. The number of rotatable bonds is 5. The zero-order valence-corrected chi connectivity index (χ0v) is 14.7. The molecule has 0 bridgehead atoms. The molecular formula is C20H32O2. The van der Waals surface area contributed by atoms with Gasteiger partial charge in [0, 0.05) is 6.42 Å². The molecule has 2 rings (SSSR count). The maximum atomic E-state index is 10.9. The lowest BCUT2D eigenvalue weighted by atomic mass is 9.49. The van der Waals surface area contributed by atoms with Crippen LogP contribution in [0.3, 0.4) is 0 Å². The lowest BCUT2D eigenvalue weighted by Crippen LogP contribution is -2.47. The van der Waals surface area contributed by atoms with E-state index in [0.717, 1.165) is 12.8 Å². The zero-order chi connectivity index (χ0) is 16.5. The molecule has 0 aromatic rings. The SMILES string of the molecule is C=C1C=C[C@H]2C(C)(C)CCC[C@]2(C)[C@H]1CC[C@H](C)CC(=O)O. The van der Waals surface area contributed by atoms with E-state index in [4.69, 9.17) is 5.11 Å². The Hall–Kier alpha value is -1.05. The summed E-state index contributed by atoms with van der Waals surface area (Å²) in [4.78, 5) is 10.9. The van der Waals surface area contributed by atoms with Crippen molar-refractivity contribution in [2.45, 2.75) is 66.2 Å². The minimum absolute atomic E-state index is 0.245. The summed E-state index contributed by atoms with van der Waals surface area (Å²) in [7, 11) is 0. The molecule has 1 N–H and O–H groups in total. The van der Waals surface area contributed by atoms with Gasteiger partial charge < -0.3 is 5.11 Å². The Kier molecular flexibility index (Phi) is 4.89. The summed E-state index contributed by atoms with van der Waals surface area (Å²) < 4.78 is 0. The van der Waals surface area contributed by atoms with E-state index in [0.29, 0.717) is 17.3 Å². The average Bonchev–Trinajstić information content (AvgIpc) is 2.35. The predicted octanol–water partition coefficient (Wildman–Crippen LogP) is 5.45. The van der Waals surface area contributed by atoms with Gasteiger partial charge in [-0.05, 0) is 54.3 Å². The normalized spacial score (nSPS) is 35.0. The van der Waals surface area contributed by atoms with Gasteiger partial charge in [-0.2, -0.15) is 0 Å². The highest BCUT2D eigenvalue weighted by Crippen LogP contribution is 2.59. The van der Waals surface area contributed by atoms with Gasteiger partial charge in [0.05, 0.1) is 0 Å². The molecule has 0 aromatic carbocycles. The molecule has 0 aromatic heterocycles. The number of aliphatic carboxylic acids is 1. The van der Waals surface area contributed by atoms with Gasteiger partial charge in [-0.1, -0.05) is 58.4 Å². The van der Waals surface area contributed by atoms with Gasteiger partial charge >= 0.3 is 5.97 Å². The fraction of sp³-hybridized carbons (Fsp3) is 0.750. The zero-order valence-electron chi connectivity index (χ0n) is 14.7. The Balaban J connectivity index is 2.14. The maximum absolute atomic E-state index is 10.9. The quantitative estimate of drug-likeness (QED) is 0.733. The third kappa shape index (κ3) is 3.31. The van der Waals surface area contributed by atoms with Crippen LogP contribution in [-0.2, 0) is 4.79 Å². The average molecular weight is 304 g/mol. The Labute approximate surface area is 135 Å². The molecule has 0 aliphatic heterocycles. The number of hydrogen-bond acceptors (Lipinski definition) is 1. The van der Waals surface area contributed by atoms with Crippen molar-refractivity contribution < 1.29 is 9.90 Å². The van der Waals surface area contributed by atoms with Gasteiger partial charge in [-0.15, -0.1) is 0 Å². The lowest BCUT2D eigenvalue weighted by Gasteiger charge is -2.56. The number of carboxylic acids is 1. The van der Waals surface area contributed by atoms with Crippen molar-refractivity contribution >= 4 is 5.97 Å². The van der Waals surface area contributed by atoms with E-state index in [1.54, 1.807) is 0 Å². The largest absolute Gasteiger partial charge is 0.481 e. The highest BCUT2D eigenvalue weighted by Gasteiger charge is 2.50. The van der Waals surface area contributed by atoms with E-state index in [1.165, 1.54) is 24.8 Å². The summed E-state index contributed by atoms with van der Waals surface area (Å²) in [5, 5.41) is 8.95. The van der Waals surface area contributed by atoms with Crippen LogP contribution in [0.4, 0.5) is 0 Å². The first-order chi connectivity index (χ1) is 10.2. The van der Waals surface area contributed by atoms with Crippen molar-refractivity contribution in [2.75, 3.05) is 0 Å². The van der Waals surface area contributed by atoms with Gasteiger partial charge in [-0.25, -0.2) is 0 Å². The van der Waals surface area contributed by atoms with E-state index in [1.807, 2.05) is 0 Å². The first-order valence-electron chi connectivity index (χ1n) is 8.75. The molecule has 0 heterocycles. The van der Waals surface area contributed by atoms with Gasteiger partial charge in [0.2, 0.25) is 0 Å². The highest BCUT2D eigenvalue weighted by atomic mass is 16.4. The number of carboxylic acid groups (broad SMARTS) is 1. The molecule has 124 valence electrons. The van der Waals surface area contributed by atoms with E-state index in [-0.39, 0.29) is 17.8 Å². The molecule has 22 heavy (non-hydrogen) atoms. The summed E-state index contributed by atoms with van der Waals surface area (Å²) in [6, 6.07) is 0. The van der Waals surface area contributed by atoms with Crippen molar-refractivity contribution in [1.82, 2.24) is 0 Å². The maximum Gasteiger partial charge on any atom is 0.303 e. The number of hydrogen-bond donors (Lipinski definition) is 1. The van der Waals surface area contributed by atoms with E-state index in [2.05, 4.69) is 46.4 Å². The van der Waals surface area contributed by atoms with Crippen molar-refractivity contribution in [3.8, 4) is 0 Å². The number of fused-ring (bicyclic) bond motifs is 1. The fourth-order valence-corrected chi connectivity index (χ4v) is 5.13. The summed E-state index contributed by atoms with van der Waals surface area (Å²) in [5.74, 6) is 0.671. The van der Waals surface area contributed by atoms with Crippen LogP contribution in [0.5, 0.6) is 0 Å². The molecule has 0 amide bonds. The molecule has 2 aliphatic rings. The first kappa shape index (κ1) is 17.3. The minimum atomic E-state index is -0.683. The molecule has 2 aliphatic carbocycles. The van der Waals surface area contributed by atoms with E-state index >= 15 is 0 Å². The second-order valence-electron chi connectivity index (χ2n) is 8.59. The smallest absolute Gasteiger partial charge is 0.303 e. The first-order valence-corrected chi connectivity index (χ1v) is 8.75. The molecule has 2 heteroatoms. The molecule has 0 saturated heterocycles. The fourth-order valence-electron chi connectivity index (χ4n) is 5.13. The highest BCUT2D eigenvalue weighted by molar-refractivity contribution is 5.66. The molecule has 1 fully saturated rings. The topological polar surface area (TPSA) is 37.3 Å². The Morgan fingerprint density at radius 3 is 2.73 bits per heavy atom. The van der Waals surface area contributed by atoms with Gasteiger partial charge in [0.1, 0.15) is 0 Å². The van der Waals surface area contributed by atoms with Gasteiger partial charge in [0.15, 0.2) is 0 Å². The van der Waals surface area contributed by atoms with Crippen LogP contribution < -0.4 is 0 Å². The minimum Gasteiger partial charge on any atom is -0.481 e. The molecule has 0 spiro atoms. The molecule has 0 unspecified atom stereocenters. The predicted molar refractivity (Wildman–Crippen MR) is 91.6 cm³/mol. The van der Waals surface area contributed by atoms with Crippen LogP contribution in [0.15, 0.2) is 24.3 Å². The van der Waals surface area contributed by atoms with Crippen molar-refractivity contribution in [2.24, 2.45) is 28.6 Å². The van der Waals surface area contributed by atoms with Crippen molar-refractivity contribution in [3.63, 3.8) is 0 Å². The van der Waals surface area contributed by atoms with Crippen LogP contribution >= 0.6 is 0 Å². The summed E-state index contributed by atoms with van der Waals surface area (Å²) in [5.41, 5.74) is 1.89. The number of carbonyl (C=O) groups is 1. The number of allylic oxidation sites excluding steroid dienone is 3. The summed E-state index contributed by atoms with van der Waals surface area (Å²) in [6.45, 7) is 13.6. The third-order valence-electron chi connectivity index (χ3n) is 6.31. The Morgan fingerprint density at radius 2 is 2.09 bits per heavy atom. The standard InChI is InChI=1S/C20H32O2/c1-14(13-18(21)22)7-9-16-15(2)8-10-17-19(3,4)11-6-12-20(16,17)5/h8,10,14,16-17H,2,6-7,9,11-13H2,1,3-5H3,(H,21,22)/t14-,16-,17-,20+/m0/s1. The second kappa shape index (κ2) is 6.22. The van der Waals surface area contributed by atoms with Crippen LogP contribution in [-0.4, -0.2) is 11.1 Å². The van der Waals surface area contributed by atoms with Crippen molar-refractivity contribution in [1.29, 1.82) is 0 Å². The van der Waals surface area contributed by atoms with Gasteiger partial charge in [-0.3, -0.25) is 4.79 Å². The van der Waals surface area contributed by atoms with Crippen molar-refractivity contribution in [3.05, 3.63) is 24.3 Å². The third-order valence-corrected chi connectivity index (χ3v) is 6.31. The Bertz CT molecular complexity index is 474. The molecule has 0 radical (unpaired) electrons. The van der Waals surface area contributed by atoms with Crippen LogP contribution in [0.2, 0.25) is 0 Å². The molecule has 1 saturated carbocycles. The van der Waals surface area contributed by atoms with E-state index in [9.17, 15) is 4.79 Å². The van der Waals surface area contributed by atoms with Crippen LogP contribution in [0.1, 0.15) is 66.2 Å². The molecular weight excluding hydrogens is 272 g/mol.